The lowest BCUT2D eigenvalue weighted by molar-refractivity contribution is -0.385. The number of nitrogens with zero attached hydrogens (tertiary/aromatic N) is 2. The zero-order valence-electron chi connectivity index (χ0n) is 7.41. The van der Waals surface area contributed by atoms with E-state index in [0.717, 1.165) is 6.07 Å². The van der Waals surface area contributed by atoms with Crippen molar-refractivity contribution >= 4 is 17.4 Å². The minimum absolute atomic E-state index is 0.144. The van der Waals surface area contributed by atoms with Crippen LogP contribution in [0.25, 0.3) is 0 Å². The number of nitro groups is 1. The fourth-order valence-electron chi connectivity index (χ4n) is 0.960. The van der Waals surface area contributed by atoms with E-state index in [1.165, 1.54) is 12.3 Å². The maximum absolute atomic E-state index is 10.8. The second-order valence-corrected chi connectivity index (χ2v) is 2.63. The molecule has 1 rings (SSSR count). The van der Waals surface area contributed by atoms with E-state index in [0.29, 0.717) is 0 Å². The molecule has 0 amide bonds. The maximum atomic E-state index is 10.8. The minimum Gasteiger partial charge on any atom is -0.475 e. The van der Waals surface area contributed by atoms with Gasteiger partial charge in [-0.2, -0.15) is 0 Å². The van der Waals surface area contributed by atoms with Gasteiger partial charge in [-0.15, -0.1) is 0 Å². The Morgan fingerprint density at radius 2 is 2.20 bits per heavy atom. The van der Waals surface area contributed by atoms with Crippen molar-refractivity contribution in [3.05, 3.63) is 34.1 Å². The summed E-state index contributed by atoms with van der Waals surface area (Å²) in [4.78, 5) is 34.4. The number of aromatic nitrogens is 1. The zero-order chi connectivity index (χ0) is 11.4. The van der Waals surface area contributed by atoms with Crippen molar-refractivity contribution in [3.63, 3.8) is 0 Å². The largest absolute Gasteiger partial charge is 0.475 e. The van der Waals surface area contributed by atoms with Crippen LogP contribution >= 0.6 is 0 Å². The van der Waals surface area contributed by atoms with Crippen LogP contribution in [0.5, 0.6) is 0 Å². The minimum atomic E-state index is -1.63. The van der Waals surface area contributed by atoms with Crippen LogP contribution in [0.1, 0.15) is 5.69 Å². The van der Waals surface area contributed by atoms with Crippen LogP contribution in [-0.4, -0.2) is 26.8 Å². The highest BCUT2D eigenvalue weighted by Gasteiger charge is 2.20. The molecule has 1 N–H and O–H groups in total. The normalized spacial score (nSPS) is 9.60. The second kappa shape index (κ2) is 4.27. The summed E-state index contributed by atoms with van der Waals surface area (Å²) in [6.45, 7) is 0. The Morgan fingerprint density at radius 3 is 2.73 bits per heavy atom. The Labute approximate surface area is 83.5 Å². The molecule has 0 fully saturated rings. The van der Waals surface area contributed by atoms with Crippen LogP contribution in [0, 0.1) is 10.1 Å². The van der Waals surface area contributed by atoms with Gasteiger partial charge < -0.3 is 5.11 Å². The molecule has 0 bridgehead atoms. The van der Waals surface area contributed by atoms with Gasteiger partial charge in [-0.25, -0.2) is 4.79 Å². The van der Waals surface area contributed by atoms with E-state index in [1.54, 1.807) is 0 Å². The van der Waals surface area contributed by atoms with Crippen molar-refractivity contribution < 1.29 is 19.6 Å². The van der Waals surface area contributed by atoms with E-state index >= 15 is 0 Å². The SMILES string of the molecule is O=C(O)C(=O)Cc1ncccc1[N+](=O)[O-]. The summed E-state index contributed by atoms with van der Waals surface area (Å²) in [7, 11) is 0. The molecule has 0 saturated carbocycles. The van der Waals surface area contributed by atoms with Crippen molar-refractivity contribution in [1.29, 1.82) is 0 Å². The van der Waals surface area contributed by atoms with Gasteiger partial charge in [0.25, 0.3) is 5.69 Å². The van der Waals surface area contributed by atoms with E-state index in [4.69, 9.17) is 5.11 Å². The summed E-state index contributed by atoms with van der Waals surface area (Å²) in [5.41, 5.74) is -0.498. The number of carbonyl (C=O) groups is 2. The fraction of sp³-hybridized carbons (Fsp3) is 0.125. The number of pyridine rings is 1. The van der Waals surface area contributed by atoms with E-state index in [2.05, 4.69) is 4.98 Å². The monoisotopic (exact) mass is 210 g/mol. The summed E-state index contributed by atoms with van der Waals surface area (Å²) in [6.07, 6.45) is 0.684. The van der Waals surface area contributed by atoms with E-state index < -0.39 is 23.1 Å². The average molecular weight is 210 g/mol. The molecule has 0 aliphatic rings. The van der Waals surface area contributed by atoms with Crippen molar-refractivity contribution in [3.8, 4) is 0 Å². The first-order valence-corrected chi connectivity index (χ1v) is 3.86. The van der Waals surface area contributed by atoms with Gasteiger partial charge in [-0.1, -0.05) is 0 Å². The molecular weight excluding hydrogens is 204 g/mol. The van der Waals surface area contributed by atoms with Crippen LogP contribution in [0.15, 0.2) is 18.3 Å². The molecule has 7 heteroatoms. The van der Waals surface area contributed by atoms with Gasteiger partial charge in [0, 0.05) is 12.3 Å². The van der Waals surface area contributed by atoms with Crippen LogP contribution in [0.3, 0.4) is 0 Å². The Hall–Kier alpha value is -2.31. The molecule has 0 spiro atoms. The first-order valence-electron chi connectivity index (χ1n) is 3.86. The molecular formula is C8H6N2O5. The van der Waals surface area contributed by atoms with Crippen molar-refractivity contribution in [2.45, 2.75) is 6.42 Å². The molecule has 0 aromatic carbocycles. The van der Waals surface area contributed by atoms with E-state index in [1.807, 2.05) is 0 Å². The van der Waals surface area contributed by atoms with Gasteiger partial charge in [-0.3, -0.25) is 19.9 Å². The predicted molar refractivity (Wildman–Crippen MR) is 47.2 cm³/mol. The van der Waals surface area contributed by atoms with Crippen LogP contribution in [0.4, 0.5) is 5.69 Å². The third kappa shape index (κ3) is 2.56. The van der Waals surface area contributed by atoms with Gasteiger partial charge in [0.15, 0.2) is 0 Å². The third-order valence-electron chi connectivity index (χ3n) is 1.63. The molecule has 7 nitrogen and oxygen atoms in total. The lowest BCUT2D eigenvalue weighted by Crippen LogP contribution is -2.16. The van der Waals surface area contributed by atoms with Crippen molar-refractivity contribution in [1.82, 2.24) is 4.98 Å². The smallest absolute Gasteiger partial charge is 0.372 e. The highest BCUT2D eigenvalue weighted by atomic mass is 16.6. The van der Waals surface area contributed by atoms with Crippen LogP contribution < -0.4 is 0 Å². The standard InChI is InChI=1S/C8H6N2O5/c11-7(8(12)13)4-5-6(10(14)15)2-1-3-9-5/h1-3H,4H2,(H,12,13). The number of hydrogen-bond donors (Lipinski definition) is 1. The highest BCUT2D eigenvalue weighted by Crippen LogP contribution is 2.15. The molecule has 1 heterocycles. The number of hydrogen-bond acceptors (Lipinski definition) is 5. The molecule has 0 aliphatic heterocycles. The highest BCUT2D eigenvalue weighted by molar-refractivity contribution is 6.33. The number of rotatable bonds is 4. The number of ketones is 1. The Kier molecular flexibility index (Phi) is 3.06. The van der Waals surface area contributed by atoms with Crippen molar-refractivity contribution in [2.24, 2.45) is 0 Å². The Bertz CT molecular complexity index is 429. The summed E-state index contributed by atoms with van der Waals surface area (Å²) in [6, 6.07) is 2.50. The topological polar surface area (TPSA) is 110 Å². The lowest BCUT2D eigenvalue weighted by atomic mass is 10.2. The van der Waals surface area contributed by atoms with Gasteiger partial charge in [0.05, 0.1) is 11.3 Å². The molecule has 0 saturated heterocycles. The molecule has 0 unspecified atom stereocenters. The Balaban J connectivity index is 2.99. The first kappa shape index (κ1) is 10.8. The van der Waals surface area contributed by atoms with Crippen molar-refractivity contribution in [2.75, 3.05) is 0 Å². The fourth-order valence-corrected chi connectivity index (χ4v) is 0.960. The van der Waals surface area contributed by atoms with Gasteiger partial charge in [0.2, 0.25) is 5.78 Å². The Morgan fingerprint density at radius 1 is 1.53 bits per heavy atom. The number of carboxylic acids is 1. The summed E-state index contributed by atoms with van der Waals surface area (Å²) in [5, 5.41) is 18.8. The summed E-state index contributed by atoms with van der Waals surface area (Å²) < 4.78 is 0. The van der Waals surface area contributed by atoms with E-state index in [9.17, 15) is 19.7 Å². The molecule has 78 valence electrons. The molecule has 0 atom stereocenters. The third-order valence-corrected chi connectivity index (χ3v) is 1.63. The number of carbonyl (C=O) groups excluding carboxylic acids is 1. The molecule has 15 heavy (non-hydrogen) atoms. The molecule has 1 aromatic heterocycles. The molecule has 1 aromatic rings. The number of Topliss-reactive ketones (excluding diaryl/α,β-unsaturated/α-hetero) is 1. The van der Waals surface area contributed by atoms with Crippen LogP contribution in [-0.2, 0) is 16.0 Å². The van der Waals surface area contributed by atoms with Crippen LogP contribution in [0.2, 0.25) is 0 Å². The zero-order valence-corrected chi connectivity index (χ0v) is 7.41. The maximum Gasteiger partial charge on any atom is 0.372 e. The predicted octanol–water partition coefficient (Wildman–Crippen LogP) is 0.186. The van der Waals surface area contributed by atoms with E-state index in [-0.39, 0.29) is 11.4 Å². The number of aliphatic carboxylic acids is 1. The number of carboxylic acid groups (broad SMARTS) is 1. The average Bonchev–Trinajstić information content (AvgIpc) is 2.18. The lowest BCUT2D eigenvalue weighted by Gasteiger charge is -1.98. The van der Waals surface area contributed by atoms with Gasteiger partial charge in [-0.05, 0) is 6.07 Å². The second-order valence-electron chi connectivity index (χ2n) is 2.63. The first-order chi connectivity index (χ1) is 7.02. The van der Waals surface area contributed by atoms with Gasteiger partial charge >= 0.3 is 5.97 Å². The quantitative estimate of drug-likeness (QED) is 0.431. The molecule has 0 aliphatic carbocycles. The summed E-state index contributed by atoms with van der Waals surface area (Å²) >= 11 is 0. The molecule has 0 radical (unpaired) electrons. The van der Waals surface area contributed by atoms with Gasteiger partial charge in [0.1, 0.15) is 5.69 Å². The summed E-state index contributed by atoms with van der Waals surface area (Å²) in [5.74, 6) is -2.76.